The Hall–Kier alpha value is -3.05. The minimum absolute atomic E-state index is 0.243. The first-order chi connectivity index (χ1) is 24.0. The van der Waals surface area contributed by atoms with Crippen LogP contribution in [0.25, 0.3) is 0 Å². The molecule has 3 heterocycles. The van der Waals surface area contributed by atoms with Gasteiger partial charge in [0, 0.05) is 34.3 Å². The number of ether oxygens (including phenoxy) is 7. The van der Waals surface area contributed by atoms with Crippen molar-refractivity contribution in [2.24, 2.45) is 5.73 Å². The van der Waals surface area contributed by atoms with Crippen molar-refractivity contribution in [1.82, 2.24) is 16.0 Å². The van der Waals surface area contributed by atoms with E-state index >= 15 is 0 Å². The predicted molar refractivity (Wildman–Crippen MR) is 170 cm³/mol. The molecule has 0 bridgehead atoms. The number of aliphatic carboxylic acids is 1. The van der Waals surface area contributed by atoms with E-state index in [2.05, 4.69) is 16.0 Å². The van der Waals surface area contributed by atoms with Gasteiger partial charge < -0.3 is 75.3 Å². The Morgan fingerprint density at radius 1 is 0.647 bits per heavy atom. The summed E-state index contributed by atoms with van der Waals surface area (Å²) in [7, 11) is 0. The molecule has 0 aliphatic carbocycles. The lowest BCUT2D eigenvalue weighted by atomic mass is 9.93. The fraction of sp³-hybridized carbons (Fsp3) is 0.839. The summed E-state index contributed by atoms with van der Waals surface area (Å²) < 4.78 is 41.5. The zero-order valence-electron chi connectivity index (χ0n) is 29.5. The van der Waals surface area contributed by atoms with Crippen LogP contribution in [0.5, 0.6) is 0 Å². The summed E-state index contributed by atoms with van der Waals surface area (Å²) in [6.07, 6.45) is -15.4. The van der Waals surface area contributed by atoms with Crippen molar-refractivity contribution in [3.63, 3.8) is 0 Å². The van der Waals surface area contributed by atoms with Crippen LogP contribution >= 0.6 is 0 Å². The zero-order chi connectivity index (χ0) is 38.2. The van der Waals surface area contributed by atoms with Crippen molar-refractivity contribution in [1.29, 1.82) is 0 Å². The Bertz CT molecular complexity index is 1210. The summed E-state index contributed by atoms with van der Waals surface area (Å²) in [6, 6.07) is -3.97. The molecule has 292 valence electrons. The number of nitrogens with one attached hydrogen (secondary N) is 3. The first-order valence-corrected chi connectivity index (χ1v) is 16.8. The van der Waals surface area contributed by atoms with Crippen LogP contribution in [0.2, 0.25) is 0 Å². The lowest BCUT2D eigenvalue weighted by molar-refractivity contribution is -0.343. The number of nitrogens with two attached hydrogens (primary N) is 1. The minimum Gasteiger partial charge on any atom is -0.479 e. The number of esters is 1. The Morgan fingerprint density at radius 2 is 1.18 bits per heavy atom. The molecule has 3 aliphatic rings. The first kappa shape index (κ1) is 42.4. The van der Waals surface area contributed by atoms with Gasteiger partial charge in [0.15, 0.2) is 31.1 Å². The van der Waals surface area contributed by atoms with Crippen LogP contribution in [-0.4, -0.2) is 155 Å². The maximum atomic E-state index is 12.5. The van der Waals surface area contributed by atoms with Crippen LogP contribution in [-0.2, 0) is 57.1 Å². The number of unbranched alkanes of at least 4 members (excludes halogenated alkanes) is 2. The van der Waals surface area contributed by atoms with E-state index in [-0.39, 0.29) is 6.61 Å². The van der Waals surface area contributed by atoms with Gasteiger partial charge in [-0.25, -0.2) is 4.79 Å². The molecular weight excluding hydrogens is 684 g/mol. The number of carboxylic acid groups (broad SMARTS) is 1. The van der Waals surface area contributed by atoms with Crippen LogP contribution in [0.4, 0.5) is 0 Å². The number of rotatable bonds is 15. The third-order valence-corrected chi connectivity index (χ3v) is 8.57. The maximum absolute atomic E-state index is 12.5. The molecule has 3 rings (SSSR count). The third kappa shape index (κ3) is 11.2. The third-order valence-electron chi connectivity index (χ3n) is 8.57. The van der Waals surface area contributed by atoms with Crippen molar-refractivity contribution in [2.75, 3.05) is 13.2 Å². The molecule has 0 aromatic rings. The molecule has 0 spiro atoms. The number of aliphatic hydroxyl groups excluding tert-OH is 3. The van der Waals surface area contributed by atoms with Gasteiger partial charge in [0.05, 0.1) is 12.2 Å². The monoisotopic (exact) mass is 736 g/mol. The Labute approximate surface area is 294 Å². The molecule has 3 fully saturated rings. The van der Waals surface area contributed by atoms with Crippen molar-refractivity contribution in [3.8, 4) is 0 Å². The Morgan fingerprint density at radius 3 is 1.73 bits per heavy atom. The second-order valence-electron chi connectivity index (χ2n) is 12.8. The lowest BCUT2D eigenvalue weighted by Gasteiger charge is -2.50. The molecule has 0 aromatic heterocycles. The number of hydrogen-bond acceptors (Lipinski definition) is 16. The van der Waals surface area contributed by atoms with E-state index in [4.69, 9.17) is 38.9 Å². The molecule has 15 atom stereocenters. The molecule has 20 heteroatoms. The molecule has 20 nitrogen and oxygen atoms in total. The van der Waals surface area contributed by atoms with E-state index < -0.39 is 122 Å². The molecule has 9 N–H and O–H groups in total. The lowest BCUT2D eigenvalue weighted by Crippen LogP contribution is -2.71. The smallest absolute Gasteiger partial charge is 0.335 e. The van der Waals surface area contributed by atoms with Crippen LogP contribution in [0.3, 0.4) is 0 Å². The Balaban J connectivity index is 1.98. The first-order valence-electron chi connectivity index (χ1n) is 16.8. The van der Waals surface area contributed by atoms with Crippen molar-refractivity contribution in [2.45, 2.75) is 153 Å². The van der Waals surface area contributed by atoms with E-state index in [0.717, 1.165) is 26.7 Å². The number of amides is 3. The summed E-state index contributed by atoms with van der Waals surface area (Å²) in [5.74, 6) is -4.28. The molecule has 0 aromatic carbocycles. The van der Waals surface area contributed by atoms with Crippen molar-refractivity contribution < 1.29 is 77.6 Å². The summed E-state index contributed by atoms with van der Waals surface area (Å²) >= 11 is 0. The van der Waals surface area contributed by atoms with Gasteiger partial charge in [-0.3, -0.25) is 19.2 Å². The van der Waals surface area contributed by atoms with Gasteiger partial charge in [-0.1, -0.05) is 0 Å². The average molecular weight is 737 g/mol. The van der Waals surface area contributed by atoms with Crippen LogP contribution in [0, 0.1) is 0 Å². The zero-order valence-corrected chi connectivity index (χ0v) is 29.5. The van der Waals surface area contributed by atoms with Gasteiger partial charge in [-0.15, -0.1) is 0 Å². The molecule has 0 saturated carbocycles. The molecular formula is C31H52N4O16. The largest absolute Gasteiger partial charge is 0.479 e. The van der Waals surface area contributed by atoms with E-state index in [1.807, 2.05) is 0 Å². The molecule has 3 aliphatic heterocycles. The predicted octanol–water partition coefficient (Wildman–Crippen LogP) is -3.27. The van der Waals surface area contributed by atoms with Crippen molar-refractivity contribution >= 4 is 29.7 Å². The molecule has 3 saturated heterocycles. The fourth-order valence-corrected chi connectivity index (χ4v) is 6.23. The van der Waals surface area contributed by atoms with Crippen LogP contribution in [0.15, 0.2) is 0 Å². The van der Waals surface area contributed by atoms with E-state index in [9.17, 15) is 44.4 Å². The summed E-state index contributed by atoms with van der Waals surface area (Å²) in [6.45, 7) is 8.42. The van der Waals surface area contributed by atoms with Gasteiger partial charge in [-0.05, 0) is 39.7 Å². The highest BCUT2D eigenvalue weighted by Crippen LogP contribution is 2.34. The second kappa shape index (κ2) is 19.1. The number of carboxylic acids is 1. The number of carbonyl (C=O) groups excluding carboxylic acids is 4. The normalized spacial score (nSPS) is 38.3. The molecule has 0 radical (unpaired) electrons. The quantitative estimate of drug-likeness (QED) is 0.0604. The highest BCUT2D eigenvalue weighted by atomic mass is 16.7. The van der Waals surface area contributed by atoms with Gasteiger partial charge >= 0.3 is 11.9 Å². The number of carbonyl (C=O) groups is 5. The Kier molecular flexibility index (Phi) is 15.9. The topological polar surface area (TPSA) is 293 Å². The van der Waals surface area contributed by atoms with Crippen LogP contribution in [0.1, 0.15) is 60.8 Å². The standard InChI is InChI=1S/C31H52N4O16/c1-12-21(40)25(19(34-15(4)37)29(46-12)45-11-9-7-8-10-32)50-31-20(35-16(5)38)26(48-17(6)39)24(13(2)47-31)49-30-18(33-14(3)36)22(41)23(42)27(51-30)28(43)44/h12-13,18-27,29-31,40-42H,7-11,32H2,1-6H3,(H,33,36)(H,34,37)(H,35,38)(H,43,44)/t12-,13+,18+,19-,20+,21+,22-,23+,24-,25-,26+,27+,29-,30-,31+/m1/s1. The highest BCUT2D eigenvalue weighted by molar-refractivity contribution is 5.75. The minimum atomic E-state index is -1.98. The maximum Gasteiger partial charge on any atom is 0.335 e. The van der Waals surface area contributed by atoms with E-state index in [0.29, 0.717) is 13.0 Å². The van der Waals surface area contributed by atoms with E-state index in [1.54, 1.807) is 6.92 Å². The average Bonchev–Trinajstić information content (AvgIpc) is 3.02. The van der Waals surface area contributed by atoms with Gasteiger partial charge in [0.25, 0.3) is 0 Å². The number of aliphatic hydroxyl groups is 3. The summed E-state index contributed by atoms with van der Waals surface area (Å²) in [5, 5.41) is 49.7. The SMILES string of the molecule is CC(=O)N[C@@H]1[C@H](O[C@H]2[C@@H](OC(C)=O)[C@H](NC(C)=O)[C@H](O[C@H]3[C@@H](O)[C@@H](C)O[C@@H](OCCCCCN)[C@@H]3NC(C)=O)O[C@H]2C)O[C@H](C(=O)O)[C@@H](O)[C@@H]1O. The number of hydrogen-bond donors (Lipinski definition) is 8. The fourth-order valence-electron chi connectivity index (χ4n) is 6.23. The summed E-state index contributed by atoms with van der Waals surface area (Å²) in [5.41, 5.74) is 5.57. The van der Waals surface area contributed by atoms with Crippen molar-refractivity contribution in [3.05, 3.63) is 0 Å². The highest BCUT2D eigenvalue weighted by Gasteiger charge is 2.55. The second-order valence-corrected chi connectivity index (χ2v) is 12.8. The molecule has 3 amide bonds. The van der Waals surface area contributed by atoms with Gasteiger partial charge in [0.1, 0.15) is 48.6 Å². The van der Waals surface area contributed by atoms with E-state index in [1.165, 1.54) is 20.8 Å². The molecule has 0 unspecified atom stereocenters. The van der Waals surface area contributed by atoms with Gasteiger partial charge in [-0.2, -0.15) is 0 Å². The van der Waals surface area contributed by atoms with Gasteiger partial charge in [0.2, 0.25) is 17.7 Å². The molecule has 51 heavy (non-hydrogen) atoms. The summed E-state index contributed by atoms with van der Waals surface area (Å²) in [4.78, 5) is 61.2. The van der Waals surface area contributed by atoms with Crippen LogP contribution < -0.4 is 21.7 Å².